The monoisotopic (exact) mass is 878 g/mol. The molecule has 0 saturated carbocycles. The number of hydrogen-bond donors (Lipinski definition) is 0. The first-order valence-electron chi connectivity index (χ1n) is 15.5. The first-order chi connectivity index (χ1) is 24.6. The third kappa shape index (κ3) is 6.77. The van der Waals surface area contributed by atoms with E-state index >= 15 is 0 Å². The van der Waals surface area contributed by atoms with Gasteiger partial charge in [-0.05, 0) is 41.2 Å². The second-order valence-electron chi connectivity index (χ2n) is 11.4. The minimum atomic E-state index is -5.04. The number of aromatic nitrogens is 4. The smallest absolute Gasteiger partial charge is 0.335 e. The maximum atomic E-state index is 12.8. The molecular formula is C41H23F6IrN4. The average Bonchev–Trinajstić information content (AvgIpc) is 3.46. The van der Waals surface area contributed by atoms with Gasteiger partial charge in [0.1, 0.15) is 0 Å². The van der Waals surface area contributed by atoms with E-state index in [0.29, 0.717) is 6.07 Å². The molecule has 0 fully saturated rings. The van der Waals surface area contributed by atoms with Crippen molar-refractivity contribution in [1.29, 1.82) is 0 Å². The molecule has 1 aliphatic carbocycles. The van der Waals surface area contributed by atoms with Crippen LogP contribution in [0.5, 0.6) is 0 Å². The third-order valence-corrected chi connectivity index (χ3v) is 8.32. The number of nitrogens with zero attached hydrogens (tertiary/aromatic N) is 4. The predicted octanol–water partition coefficient (Wildman–Crippen LogP) is 10.1. The summed E-state index contributed by atoms with van der Waals surface area (Å²) in [5, 5.41) is 0. The van der Waals surface area contributed by atoms with E-state index in [0.717, 1.165) is 28.2 Å². The molecule has 7 aromatic rings. The predicted molar refractivity (Wildman–Crippen MR) is 179 cm³/mol. The summed E-state index contributed by atoms with van der Waals surface area (Å²) in [5.74, 6) is 0. The van der Waals surface area contributed by atoms with E-state index in [4.69, 9.17) is 9.97 Å². The largest absolute Gasteiger partial charge is 3.00 e. The normalized spacial score (nSPS) is 14.7. The molecule has 0 spiro atoms. The maximum Gasteiger partial charge on any atom is 3.00 e. The van der Waals surface area contributed by atoms with E-state index in [1.807, 2.05) is 66.9 Å². The van der Waals surface area contributed by atoms with Gasteiger partial charge < -0.3 is 9.97 Å². The number of benzene rings is 3. The zero-order valence-electron chi connectivity index (χ0n) is 26.7. The van der Waals surface area contributed by atoms with Crippen molar-refractivity contribution >= 4 is 0 Å². The molecule has 1 atom stereocenters. The van der Waals surface area contributed by atoms with Gasteiger partial charge in [0.05, 0.1) is 22.5 Å². The van der Waals surface area contributed by atoms with Crippen molar-refractivity contribution in [3.63, 3.8) is 0 Å². The quantitative estimate of drug-likeness (QED) is 0.131. The molecule has 0 saturated heterocycles. The molecular weight excluding hydrogens is 855 g/mol. The zero-order chi connectivity index (χ0) is 35.6. The van der Waals surface area contributed by atoms with Crippen LogP contribution in [0.15, 0.2) is 140 Å². The van der Waals surface area contributed by atoms with Crippen molar-refractivity contribution in [2.75, 3.05) is 0 Å². The van der Waals surface area contributed by atoms with E-state index in [-0.39, 0.29) is 25.8 Å². The number of pyridine rings is 4. The van der Waals surface area contributed by atoms with Gasteiger partial charge in [-0.2, -0.15) is 50.6 Å². The molecule has 0 amide bonds. The second-order valence-corrected chi connectivity index (χ2v) is 11.4. The van der Waals surface area contributed by atoms with E-state index in [9.17, 15) is 26.3 Å². The fourth-order valence-electron chi connectivity index (χ4n) is 6.22. The van der Waals surface area contributed by atoms with Crippen LogP contribution in [0.4, 0.5) is 26.3 Å². The molecule has 1 aliphatic rings. The molecule has 4 nitrogen and oxygen atoms in total. The van der Waals surface area contributed by atoms with Gasteiger partial charge in [0.2, 0.25) is 0 Å². The Kier molecular flexibility index (Phi) is 10.2. The van der Waals surface area contributed by atoms with Crippen LogP contribution < -0.4 is 0 Å². The SMILES string of the molecule is FC(F)(F)c1c[c-]c(-c2ccccn2)c(C(F)(F)F)n1.[Ir+3].[c-]1ccccc1-c1cccc([C@]2(c3ccccn3)c3[c-]cccc3-c3ccccc32)n1. The summed E-state index contributed by atoms with van der Waals surface area (Å²) in [6, 6.07) is 48.3. The van der Waals surface area contributed by atoms with Gasteiger partial charge in [-0.25, -0.2) is 0 Å². The van der Waals surface area contributed by atoms with Gasteiger partial charge in [0.15, 0.2) is 0 Å². The molecule has 52 heavy (non-hydrogen) atoms. The van der Waals surface area contributed by atoms with E-state index in [1.54, 1.807) is 0 Å². The molecule has 0 unspecified atom stereocenters. The molecule has 4 heterocycles. The Morgan fingerprint density at radius 3 is 1.90 bits per heavy atom. The van der Waals surface area contributed by atoms with Crippen LogP contribution in [-0.4, -0.2) is 19.9 Å². The number of alkyl halides is 6. The summed E-state index contributed by atoms with van der Waals surface area (Å²) in [4.78, 5) is 16.4. The number of rotatable bonds is 4. The van der Waals surface area contributed by atoms with Crippen molar-refractivity contribution in [1.82, 2.24) is 19.9 Å². The summed E-state index contributed by atoms with van der Waals surface area (Å²) in [6.45, 7) is 0. The van der Waals surface area contributed by atoms with Crippen molar-refractivity contribution in [3.8, 4) is 33.6 Å². The van der Waals surface area contributed by atoms with Crippen LogP contribution in [0, 0.1) is 18.2 Å². The Balaban J connectivity index is 0.000000193. The third-order valence-electron chi connectivity index (χ3n) is 8.32. The van der Waals surface area contributed by atoms with Crippen molar-refractivity contribution in [3.05, 3.63) is 192 Å². The molecule has 8 rings (SSSR count). The second kappa shape index (κ2) is 14.6. The summed E-state index contributed by atoms with van der Waals surface area (Å²) in [7, 11) is 0. The van der Waals surface area contributed by atoms with E-state index in [2.05, 4.69) is 70.6 Å². The Bertz CT molecular complexity index is 2250. The van der Waals surface area contributed by atoms with Crippen LogP contribution >= 0.6 is 0 Å². The van der Waals surface area contributed by atoms with E-state index < -0.39 is 34.7 Å². The van der Waals surface area contributed by atoms with Gasteiger partial charge in [0.25, 0.3) is 0 Å². The first-order valence-corrected chi connectivity index (χ1v) is 15.5. The molecule has 0 N–H and O–H groups in total. The summed E-state index contributed by atoms with van der Waals surface area (Å²) >= 11 is 0. The molecule has 0 bridgehead atoms. The Morgan fingerprint density at radius 2 is 1.21 bits per heavy atom. The Hall–Kier alpha value is -5.51. The van der Waals surface area contributed by atoms with Gasteiger partial charge in [-0.1, -0.05) is 65.7 Å². The number of hydrogen-bond acceptors (Lipinski definition) is 4. The van der Waals surface area contributed by atoms with Crippen molar-refractivity contribution in [2.24, 2.45) is 0 Å². The van der Waals surface area contributed by atoms with Crippen LogP contribution in [-0.2, 0) is 37.9 Å². The molecule has 11 heteroatoms. The molecule has 0 radical (unpaired) electrons. The molecule has 3 aromatic carbocycles. The minimum Gasteiger partial charge on any atom is -0.335 e. The maximum absolute atomic E-state index is 12.8. The van der Waals surface area contributed by atoms with Crippen molar-refractivity contribution in [2.45, 2.75) is 17.8 Å². The Morgan fingerprint density at radius 1 is 0.538 bits per heavy atom. The standard InChI is InChI=1S/C29H18N2.C12H5F6N2.Ir/c1-2-11-21(12-3-1)26-17-10-19-28(31-26)29(27-18-8-9-20-30-27)24-15-6-4-13-22(24)23-14-5-7-16-25(23)29;13-11(14,15)9-5-4-7(8-3-1-2-6-19-8)10(20-9)12(16,17)18;/h1-11,13-15,17-20H;1-3,5-6H;/q-2;-1;+3/t29-;;/m0../s1. The molecule has 4 aromatic heterocycles. The fourth-order valence-corrected chi connectivity index (χ4v) is 6.22. The van der Waals surface area contributed by atoms with E-state index in [1.165, 1.54) is 41.1 Å². The zero-order valence-corrected chi connectivity index (χ0v) is 29.1. The first kappa shape index (κ1) is 36.3. The van der Waals surface area contributed by atoms with Crippen LogP contribution in [0.2, 0.25) is 0 Å². The van der Waals surface area contributed by atoms with Gasteiger partial charge >= 0.3 is 32.5 Å². The van der Waals surface area contributed by atoms with Gasteiger partial charge in [0, 0.05) is 18.1 Å². The summed E-state index contributed by atoms with van der Waals surface area (Å²) in [6.07, 6.45) is -6.93. The van der Waals surface area contributed by atoms with Crippen LogP contribution in [0.25, 0.3) is 33.6 Å². The molecule has 258 valence electrons. The van der Waals surface area contributed by atoms with Gasteiger partial charge in [-0.15, -0.1) is 59.2 Å². The van der Waals surface area contributed by atoms with Crippen molar-refractivity contribution < 1.29 is 46.4 Å². The fraction of sp³-hybridized carbons (Fsp3) is 0.0732. The average molecular weight is 878 g/mol. The minimum absolute atomic E-state index is 0. The van der Waals surface area contributed by atoms with Crippen LogP contribution in [0.1, 0.15) is 33.9 Å². The Labute approximate surface area is 308 Å². The number of fused-ring (bicyclic) bond motifs is 3. The summed E-state index contributed by atoms with van der Waals surface area (Å²) < 4.78 is 75.7. The molecule has 0 aliphatic heterocycles. The summed E-state index contributed by atoms with van der Waals surface area (Å²) in [5.41, 5.74) is 3.73. The topological polar surface area (TPSA) is 51.6 Å². The van der Waals surface area contributed by atoms with Crippen LogP contribution in [0.3, 0.4) is 0 Å². The number of halogens is 6. The van der Waals surface area contributed by atoms with Gasteiger partial charge in [-0.3, -0.25) is 9.97 Å².